The van der Waals surface area contributed by atoms with E-state index in [1.807, 2.05) is 25.1 Å². The number of carbonyl (C=O) groups excluding carboxylic acids is 1. The zero-order valence-corrected chi connectivity index (χ0v) is 16.8. The van der Waals surface area contributed by atoms with Crippen molar-refractivity contribution in [2.45, 2.75) is 18.8 Å². The van der Waals surface area contributed by atoms with Gasteiger partial charge in [0.05, 0.1) is 18.1 Å². The van der Waals surface area contributed by atoms with Crippen molar-refractivity contribution in [1.82, 2.24) is 10.2 Å². The molecule has 0 saturated heterocycles. The van der Waals surface area contributed by atoms with Gasteiger partial charge in [-0.25, -0.2) is 4.39 Å². The molecule has 0 radical (unpaired) electrons. The molecule has 150 valence electrons. The lowest BCUT2D eigenvalue weighted by Crippen LogP contribution is -2.12. The number of rotatable bonds is 5. The summed E-state index contributed by atoms with van der Waals surface area (Å²) in [6.07, 6.45) is 0. The minimum absolute atomic E-state index is 0.0954. The van der Waals surface area contributed by atoms with E-state index in [0.29, 0.717) is 23.1 Å². The summed E-state index contributed by atoms with van der Waals surface area (Å²) >= 11 is 1.51. The van der Waals surface area contributed by atoms with Crippen LogP contribution in [0.3, 0.4) is 0 Å². The largest absolute Gasteiger partial charge is 0.493 e. The van der Waals surface area contributed by atoms with Crippen LogP contribution >= 0.6 is 11.8 Å². The number of aryl methyl sites for hydroxylation is 1. The number of H-pyrrole nitrogens is 1. The Balaban J connectivity index is 1.73. The van der Waals surface area contributed by atoms with Crippen LogP contribution in [0.1, 0.15) is 27.6 Å². The third kappa shape index (κ3) is 3.93. The second-order valence-electron chi connectivity index (χ2n) is 6.64. The molecule has 2 N–H and O–H groups in total. The summed E-state index contributed by atoms with van der Waals surface area (Å²) in [4.78, 5) is 12.1. The van der Waals surface area contributed by atoms with Gasteiger partial charge in [0, 0.05) is 16.8 Å². The number of thioether (sulfide) groups is 1. The highest BCUT2D eigenvalue weighted by molar-refractivity contribution is 8.00. The highest BCUT2D eigenvalue weighted by Crippen LogP contribution is 2.47. The molecule has 1 aliphatic rings. The second kappa shape index (κ2) is 8.16. The lowest BCUT2D eigenvalue weighted by molar-refractivity contribution is -0.113. The molecule has 1 amide bonds. The van der Waals surface area contributed by atoms with E-state index in [-0.39, 0.29) is 23.6 Å². The van der Waals surface area contributed by atoms with Crippen LogP contribution in [0.15, 0.2) is 42.5 Å². The van der Waals surface area contributed by atoms with E-state index >= 15 is 0 Å². The average Bonchev–Trinajstić information content (AvgIpc) is 2.98. The molecule has 1 atom stereocenters. The molecular weight excluding hydrogens is 393 g/mol. The molecule has 1 aromatic heterocycles. The first-order valence-electron chi connectivity index (χ1n) is 9.07. The summed E-state index contributed by atoms with van der Waals surface area (Å²) in [5.41, 5.74) is 3.53. The lowest BCUT2D eigenvalue weighted by atomic mass is 10.0. The van der Waals surface area contributed by atoms with Crippen molar-refractivity contribution in [1.29, 1.82) is 0 Å². The van der Waals surface area contributed by atoms with Gasteiger partial charge in [-0.15, -0.1) is 11.8 Å². The standard InChI is InChI=1S/C21H20FN3O3S/c1-12-18-20(29-11-17(26)23-21(18)25-24-12)15-4-3-5-16(27-2)19(15)28-10-13-6-8-14(22)9-7-13/h3-9,20H,10-11H2,1-2H3,(H2,23,24,25,26)/t20-/m1/s1. The van der Waals surface area contributed by atoms with Gasteiger partial charge in [-0.3, -0.25) is 9.89 Å². The maximum atomic E-state index is 13.2. The summed E-state index contributed by atoms with van der Waals surface area (Å²) in [6, 6.07) is 11.9. The first-order valence-corrected chi connectivity index (χ1v) is 10.1. The van der Waals surface area contributed by atoms with Crippen LogP contribution in [0, 0.1) is 12.7 Å². The number of methoxy groups -OCH3 is 1. The first kappa shape index (κ1) is 19.3. The fraction of sp³-hybridized carbons (Fsp3) is 0.238. The van der Waals surface area contributed by atoms with E-state index in [9.17, 15) is 9.18 Å². The minimum atomic E-state index is -0.290. The molecule has 8 heteroatoms. The number of carbonyl (C=O) groups is 1. The van der Waals surface area contributed by atoms with E-state index in [4.69, 9.17) is 9.47 Å². The molecule has 0 saturated carbocycles. The van der Waals surface area contributed by atoms with Crippen LogP contribution in [-0.4, -0.2) is 29.0 Å². The fourth-order valence-corrected chi connectivity index (χ4v) is 4.51. The number of para-hydroxylation sites is 1. The van der Waals surface area contributed by atoms with E-state index < -0.39 is 0 Å². The highest BCUT2D eigenvalue weighted by Gasteiger charge is 2.31. The number of aromatic amines is 1. The Morgan fingerprint density at radius 2 is 2.03 bits per heavy atom. The molecule has 2 heterocycles. The Hall–Kier alpha value is -3.00. The van der Waals surface area contributed by atoms with Gasteiger partial charge < -0.3 is 14.8 Å². The minimum Gasteiger partial charge on any atom is -0.493 e. The van der Waals surface area contributed by atoms with Crippen molar-refractivity contribution < 1.29 is 18.7 Å². The molecule has 3 aromatic rings. The first-order chi connectivity index (χ1) is 14.1. The maximum Gasteiger partial charge on any atom is 0.235 e. The van der Waals surface area contributed by atoms with E-state index in [1.54, 1.807) is 19.2 Å². The Bertz CT molecular complexity index is 1040. The molecule has 0 bridgehead atoms. The number of nitrogens with zero attached hydrogens (tertiary/aromatic N) is 1. The van der Waals surface area contributed by atoms with Crippen LogP contribution in [0.4, 0.5) is 10.2 Å². The Labute approximate surface area is 171 Å². The topological polar surface area (TPSA) is 76.2 Å². The normalized spacial score (nSPS) is 16.0. The van der Waals surface area contributed by atoms with Crippen molar-refractivity contribution in [2.75, 3.05) is 18.2 Å². The molecular formula is C21H20FN3O3S. The van der Waals surface area contributed by atoms with Gasteiger partial charge in [-0.2, -0.15) is 5.10 Å². The number of fused-ring (bicyclic) bond motifs is 1. The predicted octanol–water partition coefficient (Wildman–Crippen LogP) is 4.22. The maximum absolute atomic E-state index is 13.2. The Morgan fingerprint density at radius 3 is 2.79 bits per heavy atom. The van der Waals surface area contributed by atoms with Crippen molar-refractivity contribution >= 4 is 23.5 Å². The van der Waals surface area contributed by atoms with Crippen molar-refractivity contribution in [3.63, 3.8) is 0 Å². The number of benzene rings is 2. The summed E-state index contributed by atoms with van der Waals surface area (Å²) in [5, 5.41) is 9.87. The van der Waals surface area contributed by atoms with Gasteiger partial charge in [-0.1, -0.05) is 24.3 Å². The van der Waals surface area contributed by atoms with E-state index in [2.05, 4.69) is 15.5 Å². The number of ether oxygens (including phenoxy) is 2. The van der Waals surface area contributed by atoms with Crippen LogP contribution in [0.5, 0.6) is 11.5 Å². The molecule has 0 aliphatic carbocycles. The van der Waals surface area contributed by atoms with Gasteiger partial charge in [0.25, 0.3) is 0 Å². The molecule has 0 fully saturated rings. The zero-order chi connectivity index (χ0) is 20.4. The number of halogens is 1. The van der Waals surface area contributed by atoms with Crippen LogP contribution in [0.2, 0.25) is 0 Å². The van der Waals surface area contributed by atoms with Gasteiger partial charge in [0.1, 0.15) is 12.4 Å². The van der Waals surface area contributed by atoms with E-state index in [1.165, 1.54) is 23.9 Å². The van der Waals surface area contributed by atoms with Crippen LogP contribution < -0.4 is 14.8 Å². The summed E-state index contributed by atoms with van der Waals surface area (Å²) < 4.78 is 24.9. The number of amides is 1. The summed E-state index contributed by atoms with van der Waals surface area (Å²) in [5.74, 6) is 1.64. The predicted molar refractivity (Wildman–Crippen MR) is 110 cm³/mol. The molecule has 1 aliphatic heterocycles. The Kier molecular flexibility index (Phi) is 5.44. The monoisotopic (exact) mass is 413 g/mol. The zero-order valence-electron chi connectivity index (χ0n) is 16.0. The number of aromatic nitrogens is 2. The SMILES string of the molecule is COc1cccc([C@H]2SCC(=O)Nc3n[nH]c(C)c32)c1OCc1ccc(F)cc1. The fourth-order valence-electron chi connectivity index (χ4n) is 3.30. The third-order valence-electron chi connectivity index (χ3n) is 4.70. The van der Waals surface area contributed by atoms with Crippen LogP contribution in [-0.2, 0) is 11.4 Å². The van der Waals surface area contributed by atoms with E-state index in [0.717, 1.165) is 22.4 Å². The molecule has 0 spiro atoms. The molecule has 0 unspecified atom stereocenters. The molecule has 4 rings (SSSR count). The molecule has 29 heavy (non-hydrogen) atoms. The quantitative estimate of drug-likeness (QED) is 0.655. The number of nitrogens with one attached hydrogen (secondary N) is 2. The van der Waals surface area contributed by atoms with Gasteiger partial charge >= 0.3 is 0 Å². The van der Waals surface area contributed by atoms with Gasteiger partial charge in [-0.05, 0) is 30.7 Å². The van der Waals surface area contributed by atoms with Crippen molar-refractivity contribution in [3.8, 4) is 11.5 Å². The highest BCUT2D eigenvalue weighted by atomic mass is 32.2. The number of hydrogen-bond donors (Lipinski definition) is 2. The second-order valence-corrected chi connectivity index (χ2v) is 7.74. The van der Waals surface area contributed by atoms with Crippen LogP contribution in [0.25, 0.3) is 0 Å². The lowest BCUT2D eigenvalue weighted by Gasteiger charge is -2.21. The summed E-state index contributed by atoms with van der Waals surface area (Å²) in [7, 11) is 1.59. The number of hydrogen-bond acceptors (Lipinski definition) is 5. The van der Waals surface area contributed by atoms with Gasteiger partial charge in [0.15, 0.2) is 17.3 Å². The van der Waals surface area contributed by atoms with Crippen molar-refractivity contribution in [3.05, 3.63) is 70.7 Å². The number of anilines is 1. The smallest absolute Gasteiger partial charge is 0.235 e. The summed E-state index contributed by atoms with van der Waals surface area (Å²) in [6.45, 7) is 2.19. The van der Waals surface area contributed by atoms with Gasteiger partial charge in [0.2, 0.25) is 5.91 Å². The molecule has 2 aromatic carbocycles. The average molecular weight is 413 g/mol. The Morgan fingerprint density at radius 1 is 1.24 bits per heavy atom. The van der Waals surface area contributed by atoms with Crippen molar-refractivity contribution in [2.24, 2.45) is 0 Å². The third-order valence-corrected chi connectivity index (χ3v) is 5.96. The molecule has 6 nitrogen and oxygen atoms in total.